The summed E-state index contributed by atoms with van der Waals surface area (Å²) >= 11 is 17.7. The maximum absolute atomic E-state index is 11.9. The third kappa shape index (κ3) is 40.3. The first-order chi connectivity index (χ1) is 22.1. The molecule has 0 aromatic carbocycles. The minimum atomic E-state index is -1.09. The Hall–Kier alpha value is 1.96. The lowest BCUT2D eigenvalue weighted by molar-refractivity contribution is -0.196. The van der Waals surface area contributed by atoms with Gasteiger partial charge in [0.2, 0.25) is 6.40 Å². The lowest BCUT2D eigenvalue weighted by Crippen LogP contribution is -2.18. The SMILES string of the molecule is O=C(NCSCSCSCN=COOCSCSCSCSC(=O)NCSCSCSCN=CS(=O)CCCO)SCCCO. The highest BCUT2D eigenvalue weighted by Gasteiger charge is 2.03. The Morgan fingerprint density at radius 2 is 1.24 bits per heavy atom. The number of aliphatic hydroxyl groups excluding tert-OH is 2. The van der Waals surface area contributed by atoms with Crippen LogP contribution in [-0.4, -0.2) is 127 Å². The zero-order chi connectivity index (χ0) is 32.9. The second kappa shape index (κ2) is 40.4. The summed E-state index contributed by atoms with van der Waals surface area (Å²) in [4.78, 5) is 41.6. The number of carbonyl (C=O) groups excluding carboxylic acids is 2. The first-order valence-corrected chi connectivity index (χ1v) is 26.7. The number of nitrogens with zero attached hydrogens (tertiary/aromatic N) is 2. The molecular weight excluding hydrogens is 817 g/mol. The van der Waals surface area contributed by atoms with Gasteiger partial charge in [-0.05, 0) is 12.8 Å². The van der Waals surface area contributed by atoms with Crippen molar-refractivity contribution in [2.24, 2.45) is 9.98 Å². The molecule has 0 aromatic rings. The van der Waals surface area contributed by atoms with Crippen molar-refractivity contribution in [1.82, 2.24) is 10.6 Å². The minimum absolute atomic E-state index is 0.0101. The molecule has 1 unspecified atom stereocenters. The predicted molar refractivity (Wildman–Crippen MR) is 219 cm³/mol. The molecule has 0 aliphatic carbocycles. The molecule has 0 fully saturated rings. The van der Waals surface area contributed by atoms with Gasteiger partial charge in [-0.1, -0.05) is 23.5 Å². The Morgan fingerprint density at radius 3 is 1.91 bits per heavy atom. The molecule has 0 bridgehead atoms. The van der Waals surface area contributed by atoms with Gasteiger partial charge in [0.15, 0.2) is 0 Å². The summed E-state index contributed by atoms with van der Waals surface area (Å²) in [5.74, 6) is 3.82. The summed E-state index contributed by atoms with van der Waals surface area (Å²) < 4.78 is 11.5. The monoisotopic (exact) mass is 858 g/mol. The fraction of sp³-hybridized carbons (Fsp3) is 0.818. The highest BCUT2D eigenvalue weighted by atomic mass is 32.3. The summed E-state index contributed by atoms with van der Waals surface area (Å²) in [7, 11) is -1.09. The van der Waals surface area contributed by atoms with E-state index in [-0.39, 0.29) is 23.7 Å². The van der Waals surface area contributed by atoms with Gasteiger partial charge in [0.1, 0.15) is 5.94 Å². The smallest absolute Gasteiger partial charge is 0.280 e. The van der Waals surface area contributed by atoms with Crippen molar-refractivity contribution in [3.8, 4) is 0 Å². The first-order valence-electron chi connectivity index (χ1n) is 13.0. The van der Waals surface area contributed by atoms with Gasteiger partial charge in [0, 0.05) is 60.3 Å². The van der Waals surface area contributed by atoms with E-state index in [1.165, 1.54) is 35.5 Å². The molecule has 4 N–H and O–H groups in total. The van der Waals surface area contributed by atoms with Crippen molar-refractivity contribution in [3.63, 3.8) is 0 Å². The molecule has 264 valence electrons. The van der Waals surface area contributed by atoms with Crippen LogP contribution in [0, 0.1) is 0 Å². The van der Waals surface area contributed by atoms with Crippen molar-refractivity contribution in [1.29, 1.82) is 0 Å². The molecule has 0 saturated heterocycles. The van der Waals surface area contributed by atoms with E-state index in [0.29, 0.717) is 58.9 Å². The van der Waals surface area contributed by atoms with Crippen molar-refractivity contribution >= 4 is 163 Å². The van der Waals surface area contributed by atoms with E-state index in [1.807, 2.05) is 0 Å². The van der Waals surface area contributed by atoms with Gasteiger partial charge < -0.3 is 25.7 Å². The van der Waals surface area contributed by atoms with Crippen molar-refractivity contribution in [2.75, 3.05) is 89.8 Å². The van der Waals surface area contributed by atoms with Gasteiger partial charge >= 0.3 is 0 Å². The number of rotatable bonds is 33. The van der Waals surface area contributed by atoms with Crippen LogP contribution in [0.2, 0.25) is 0 Å². The van der Waals surface area contributed by atoms with Gasteiger partial charge in [-0.3, -0.25) is 18.8 Å². The van der Waals surface area contributed by atoms with Crippen molar-refractivity contribution in [3.05, 3.63) is 0 Å². The molecule has 0 rings (SSSR count). The molecule has 0 radical (unpaired) electrons. The molecule has 0 aliphatic heterocycles. The quantitative estimate of drug-likeness (QED) is 0.0142. The molecule has 0 heterocycles. The van der Waals surface area contributed by atoms with Crippen molar-refractivity contribution < 1.29 is 33.8 Å². The Morgan fingerprint density at radius 1 is 0.689 bits per heavy atom. The van der Waals surface area contributed by atoms with E-state index in [2.05, 4.69) is 20.6 Å². The minimum Gasteiger partial charge on any atom is -0.396 e. The molecule has 0 aliphatic rings. The van der Waals surface area contributed by atoms with Gasteiger partial charge in [-0.25, -0.2) is 4.99 Å². The Bertz CT molecular complexity index is 782. The lowest BCUT2D eigenvalue weighted by Gasteiger charge is -2.05. The van der Waals surface area contributed by atoms with E-state index in [1.54, 1.807) is 106 Å². The van der Waals surface area contributed by atoms with Crippen LogP contribution < -0.4 is 10.6 Å². The maximum atomic E-state index is 11.9. The van der Waals surface area contributed by atoms with Crippen LogP contribution in [-0.2, 0) is 20.6 Å². The van der Waals surface area contributed by atoms with E-state index in [0.717, 1.165) is 30.5 Å². The number of aliphatic imine (C=N–C) groups is 2. The second-order valence-electron chi connectivity index (χ2n) is 7.28. The fourth-order valence-corrected chi connectivity index (χ4v) is 13.4. The summed E-state index contributed by atoms with van der Waals surface area (Å²) in [6.07, 6.45) is 2.47. The summed E-state index contributed by atoms with van der Waals surface area (Å²) in [6, 6.07) is 0. The molecule has 0 aromatic heterocycles. The van der Waals surface area contributed by atoms with Crippen LogP contribution in [0.3, 0.4) is 0 Å². The molecule has 45 heavy (non-hydrogen) atoms. The largest absolute Gasteiger partial charge is 0.396 e. The van der Waals surface area contributed by atoms with Gasteiger partial charge in [0.05, 0.1) is 39.9 Å². The van der Waals surface area contributed by atoms with Gasteiger partial charge in [-0.2, -0.15) is 4.89 Å². The molecule has 0 saturated carbocycles. The number of amides is 2. The average molecular weight is 859 g/mol. The second-order valence-corrected chi connectivity index (χ2v) is 22.0. The number of hydrogen-bond acceptors (Lipinski definition) is 20. The standard InChI is InChI=1S/C22H42N4O7S12/c27-3-1-5-43-21(29)25-10-36-16-39-14-34-8-23-7-32-33-13-38-18-41-19-42-20-44-22(30)26-11-37-17-40-15-35-9-24-12-45(31)6-2-4-28/h7,12,27-28H,1-6,8-11,13-20H2,(H,25,29)(H,26,30). The normalized spacial score (nSPS) is 12.2. The molecule has 1 atom stereocenters. The predicted octanol–water partition coefficient (Wildman–Crippen LogP) is 6.48. The van der Waals surface area contributed by atoms with E-state index < -0.39 is 10.8 Å². The maximum Gasteiger partial charge on any atom is 0.280 e. The molecule has 23 heteroatoms. The number of thioether (sulfide) groups is 11. The average Bonchev–Trinajstić information content (AvgIpc) is 3.03. The number of nitrogens with one attached hydrogen (secondary N) is 2. The van der Waals surface area contributed by atoms with Gasteiger partial charge in [0.25, 0.3) is 10.5 Å². The third-order valence-corrected chi connectivity index (χ3v) is 16.9. The van der Waals surface area contributed by atoms with E-state index >= 15 is 0 Å². The highest BCUT2D eigenvalue weighted by molar-refractivity contribution is 8.29. The Kier molecular flexibility index (Phi) is 42.1. The van der Waals surface area contributed by atoms with Crippen molar-refractivity contribution in [2.45, 2.75) is 12.8 Å². The van der Waals surface area contributed by atoms with Crippen LogP contribution in [0.15, 0.2) is 9.98 Å². The highest BCUT2D eigenvalue weighted by Crippen LogP contribution is 2.22. The van der Waals surface area contributed by atoms with Gasteiger partial charge in [-0.15, -0.1) is 106 Å². The molecule has 0 spiro atoms. The topological polar surface area (TPSA) is 159 Å². The van der Waals surface area contributed by atoms with Crippen LogP contribution in [0.25, 0.3) is 0 Å². The van der Waals surface area contributed by atoms with Crippen LogP contribution in [0.5, 0.6) is 0 Å². The number of aliphatic hydroxyl groups is 2. The van der Waals surface area contributed by atoms with Crippen LogP contribution in [0.1, 0.15) is 12.8 Å². The summed E-state index contributed by atoms with van der Waals surface area (Å²) in [5, 5.41) is 29.1. The summed E-state index contributed by atoms with van der Waals surface area (Å²) in [6.45, 7) is 0.161. The number of carbonyl (C=O) groups is 2. The lowest BCUT2D eigenvalue weighted by atomic mass is 10.5. The fourth-order valence-electron chi connectivity index (χ4n) is 1.96. The number of hydrogen-bond donors (Lipinski definition) is 4. The Balaban J connectivity index is 3.28. The third-order valence-electron chi connectivity index (χ3n) is 3.79. The first kappa shape index (κ1) is 47.0. The van der Waals surface area contributed by atoms with Crippen LogP contribution >= 0.6 is 129 Å². The van der Waals surface area contributed by atoms with Crippen LogP contribution in [0.4, 0.5) is 9.59 Å². The zero-order valence-electron chi connectivity index (χ0n) is 24.6. The van der Waals surface area contributed by atoms with E-state index in [4.69, 9.17) is 20.0 Å². The van der Waals surface area contributed by atoms with E-state index in [9.17, 15) is 13.8 Å². The summed E-state index contributed by atoms with van der Waals surface area (Å²) in [5.41, 5.74) is 1.46. The Labute approximate surface area is 316 Å². The molecule has 11 nitrogen and oxygen atoms in total. The molecular formula is C22H42N4O7S12. The zero-order valence-corrected chi connectivity index (χ0v) is 34.4. The molecule has 2 amide bonds.